The predicted molar refractivity (Wildman–Crippen MR) is 445 cm³/mol. The molecule has 2 atom stereocenters. The highest BCUT2D eigenvalue weighted by Gasteiger charge is 2.27. The third kappa shape index (κ3) is 84.6. The number of phosphoric ester groups is 1. The zero-order valence-corrected chi connectivity index (χ0v) is 67.7. The maximum atomic E-state index is 12.9. The van der Waals surface area contributed by atoms with Gasteiger partial charge in [-0.2, -0.15) is 0 Å². The highest BCUT2D eigenvalue weighted by molar-refractivity contribution is 7.47. The molecule has 0 bridgehead atoms. The maximum absolute atomic E-state index is 12.9. The number of allylic oxidation sites excluding steroid dienone is 26. The van der Waals surface area contributed by atoms with Crippen LogP contribution in [0.5, 0.6) is 0 Å². The van der Waals surface area contributed by atoms with Gasteiger partial charge in [-0.1, -0.05) is 377 Å². The lowest BCUT2D eigenvalue weighted by atomic mass is 10.0. The first-order chi connectivity index (χ1) is 50.0. The minimum atomic E-state index is -4.42. The molecule has 584 valence electrons. The number of carbonyl (C=O) groups excluding carboxylic acids is 2. The van der Waals surface area contributed by atoms with Crippen LogP contribution in [-0.4, -0.2) is 74.9 Å². The SMILES string of the molecule is CC/C=C\C/C=C\C/C=C\C/C=C\C/C=C\C/C=C\C/C=C\C/C=C\C/C=C\C/C=C\C/C=C\C/C=C\CCCCC(=O)OC(COC(=O)CCCCCCCCCCCCCCCCCCCCCCCCCCCCC/C=C\CCCCCCCCCC)COP(=O)(O)OCC[N+](C)(C)C. The largest absolute Gasteiger partial charge is 0.472 e. The van der Waals surface area contributed by atoms with Crippen LogP contribution in [0.1, 0.15) is 361 Å². The number of unbranched alkanes of at least 4 members (excludes halogenated alkanes) is 37. The minimum Gasteiger partial charge on any atom is -0.462 e. The van der Waals surface area contributed by atoms with E-state index < -0.39 is 26.5 Å². The second-order valence-electron chi connectivity index (χ2n) is 29.1. The molecule has 0 saturated heterocycles. The summed E-state index contributed by atoms with van der Waals surface area (Å²) in [6.07, 6.45) is 121. The van der Waals surface area contributed by atoms with Crippen LogP contribution in [0.15, 0.2) is 158 Å². The van der Waals surface area contributed by atoms with Gasteiger partial charge in [-0.15, -0.1) is 0 Å². The number of hydrogen-bond acceptors (Lipinski definition) is 7. The lowest BCUT2D eigenvalue weighted by molar-refractivity contribution is -0.870. The number of phosphoric acid groups is 1. The van der Waals surface area contributed by atoms with Gasteiger partial charge in [0.1, 0.15) is 19.8 Å². The molecule has 102 heavy (non-hydrogen) atoms. The molecule has 9 nitrogen and oxygen atoms in total. The Bertz CT molecular complexity index is 2290. The van der Waals surface area contributed by atoms with E-state index in [9.17, 15) is 19.0 Å². The molecule has 0 amide bonds. The molecule has 0 heterocycles. The van der Waals surface area contributed by atoms with E-state index in [1.54, 1.807) is 0 Å². The lowest BCUT2D eigenvalue weighted by Gasteiger charge is -2.24. The Labute approximate surface area is 630 Å². The number of likely N-dealkylation sites (N-methyl/N-ethyl adjacent to an activating group) is 1. The van der Waals surface area contributed by atoms with Gasteiger partial charge >= 0.3 is 19.8 Å². The van der Waals surface area contributed by atoms with E-state index in [1.807, 2.05) is 21.1 Å². The van der Waals surface area contributed by atoms with Crippen LogP contribution in [0, 0.1) is 0 Å². The van der Waals surface area contributed by atoms with Crippen molar-refractivity contribution in [1.82, 2.24) is 0 Å². The predicted octanol–water partition coefficient (Wildman–Crippen LogP) is 28.6. The summed E-state index contributed by atoms with van der Waals surface area (Å²) in [7, 11) is 1.44. The standard InChI is InChI=1S/C92H158NO8P/c1-6-8-10-12-14-16-18-20-22-24-26-28-30-32-34-36-38-40-42-44-46-48-50-52-54-56-58-60-62-64-66-68-70-72-74-76-78-80-82-84-91(94)98-88-90(89-100-102(96,97)99-87-86-93(3,4)5)101-92(95)85-83-81-79-77-75-73-71-69-67-65-63-61-59-57-55-53-51-49-47-45-43-41-39-37-35-33-31-29-27-25-23-21-19-17-15-13-11-9-7-2/h9,11,15,17,21,23-24,26-27,29,33,35,39,41,45,47,51,53,57,59,63,65,69,71,75,77,90H,6-8,10,12-14,16,18-20,22,25,28,30-32,34,36-38,40,42-44,46,48-50,52,54-56,58,60-62,64,66-68,70,72-74,76,78-89H2,1-5H3/p+1/b11-9-,17-15-,23-21-,26-24-,29-27-,35-33-,41-39-,47-45-,53-51-,59-57-,65-63-,71-69-,77-75-. The van der Waals surface area contributed by atoms with E-state index in [2.05, 4.69) is 172 Å². The van der Waals surface area contributed by atoms with Gasteiger partial charge in [0, 0.05) is 12.8 Å². The van der Waals surface area contributed by atoms with Gasteiger partial charge in [0.25, 0.3) is 0 Å². The molecule has 0 aromatic carbocycles. The molecule has 0 fully saturated rings. The quantitative estimate of drug-likeness (QED) is 0.0211. The zero-order valence-electron chi connectivity index (χ0n) is 66.8. The van der Waals surface area contributed by atoms with Crippen molar-refractivity contribution >= 4 is 19.8 Å². The lowest BCUT2D eigenvalue weighted by Crippen LogP contribution is -2.37. The Morgan fingerprint density at radius 3 is 0.863 bits per heavy atom. The van der Waals surface area contributed by atoms with Gasteiger partial charge in [-0.25, -0.2) is 4.57 Å². The van der Waals surface area contributed by atoms with Crippen molar-refractivity contribution in [2.24, 2.45) is 0 Å². The van der Waals surface area contributed by atoms with E-state index in [0.717, 1.165) is 109 Å². The average molecular weight is 1440 g/mol. The average Bonchev–Trinajstić information content (AvgIpc) is 0.914. The first-order valence-electron chi connectivity index (χ1n) is 42.2. The number of esters is 2. The molecule has 10 heteroatoms. The summed E-state index contributed by atoms with van der Waals surface area (Å²) in [6, 6.07) is 0. The molecule has 0 aliphatic rings. The summed E-state index contributed by atoms with van der Waals surface area (Å²) in [5.74, 6) is -0.846. The molecule has 1 N–H and O–H groups in total. The third-order valence-corrected chi connectivity index (χ3v) is 19.0. The molecule has 0 aromatic heterocycles. The Morgan fingerprint density at radius 2 is 0.559 bits per heavy atom. The number of rotatable bonds is 77. The molecule has 0 rings (SSSR count). The summed E-state index contributed by atoms with van der Waals surface area (Å²) in [6.45, 7) is 4.29. The van der Waals surface area contributed by atoms with Gasteiger partial charge < -0.3 is 18.9 Å². The van der Waals surface area contributed by atoms with Gasteiger partial charge in [0.2, 0.25) is 0 Å². The smallest absolute Gasteiger partial charge is 0.462 e. The number of quaternary nitrogens is 1. The van der Waals surface area contributed by atoms with Gasteiger partial charge in [-0.3, -0.25) is 18.6 Å². The third-order valence-electron chi connectivity index (χ3n) is 18.0. The van der Waals surface area contributed by atoms with Crippen LogP contribution >= 0.6 is 7.82 Å². The fourth-order valence-electron chi connectivity index (χ4n) is 11.6. The Hall–Kier alpha value is -4.37. The minimum absolute atomic E-state index is 0.0166. The Kier molecular flexibility index (Phi) is 77.3. The van der Waals surface area contributed by atoms with Gasteiger partial charge in [0.15, 0.2) is 6.10 Å². The van der Waals surface area contributed by atoms with Crippen molar-refractivity contribution in [1.29, 1.82) is 0 Å². The van der Waals surface area contributed by atoms with Crippen LogP contribution in [-0.2, 0) is 32.7 Å². The van der Waals surface area contributed by atoms with Crippen molar-refractivity contribution in [2.75, 3.05) is 47.5 Å². The van der Waals surface area contributed by atoms with E-state index in [1.165, 1.54) is 218 Å². The topological polar surface area (TPSA) is 108 Å². The van der Waals surface area contributed by atoms with Crippen molar-refractivity contribution in [3.8, 4) is 0 Å². The highest BCUT2D eigenvalue weighted by atomic mass is 31.2. The van der Waals surface area contributed by atoms with Crippen molar-refractivity contribution in [3.05, 3.63) is 158 Å². The molecule has 0 radical (unpaired) electrons. The molecule has 0 spiro atoms. The van der Waals surface area contributed by atoms with E-state index in [-0.39, 0.29) is 32.0 Å². The summed E-state index contributed by atoms with van der Waals surface area (Å²) in [4.78, 5) is 36.0. The van der Waals surface area contributed by atoms with Crippen LogP contribution < -0.4 is 0 Å². The molecular weight excluding hydrogens is 1280 g/mol. The monoisotopic (exact) mass is 1440 g/mol. The fraction of sp³-hybridized carbons (Fsp3) is 0.696. The molecule has 0 saturated carbocycles. The van der Waals surface area contributed by atoms with E-state index in [4.69, 9.17) is 18.5 Å². The molecule has 0 aromatic rings. The van der Waals surface area contributed by atoms with Crippen molar-refractivity contribution < 1.29 is 42.1 Å². The Balaban J connectivity index is 4.05. The zero-order chi connectivity index (χ0) is 74.0. The second-order valence-corrected chi connectivity index (χ2v) is 30.6. The number of hydrogen-bond donors (Lipinski definition) is 1. The number of nitrogens with zero attached hydrogens (tertiary/aromatic N) is 1. The number of ether oxygens (including phenoxy) is 2. The fourth-order valence-corrected chi connectivity index (χ4v) is 12.4. The maximum Gasteiger partial charge on any atom is 0.472 e. The van der Waals surface area contributed by atoms with E-state index >= 15 is 0 Å². The van der Waals surface area contributed by atoms with Crippen LogP contribution in [0.4, 0.5) is 0 Å². The van der Waals surface area contributed by atoms with E-state index in [0.29, 0.717) is 17.4 Å². The van der Waals surface area contributed by atoms with Gasteiger partial charge in [-0.05, 0) is 128 Å². The normalized spacial score (nSPS) is 13.8. The molecule has 2 unspecified atom stereocenters. The second kappa shape index (κ2) is 80.7. The van der Waals surface area contributed by atoms with Crippen molar-refractivity contribution in [2.45, 2.75) is 367 Å². The summed E-state index contributed by atoms with van der Waals surface area (Å²) in [5.41, 5.74) is 0. The van der Waals surface area contributed by atoms with Crippen LogP contribution in [0.2, 0.25) is 0 Å². The summed E-state index contributed by atoms with van der Waals surface area (Å²) in [5, 5.41) is 0. The number of carbonyl (C=O) groups is 2. The summed E-state index contributed by atoms with van der Waals surface area (Å²) >= 11 is 0. The highest BCUT2D eigenvalue weighted by Crippen LogP contribution is 2.43. The van der Waals surface area contributed by atoms with Crippen LogP contribution in [0.3, 0.4) is 0 Å². The van der Waals surface area contributed by atoms with Crippen molar-refractivity contribution in [3.63, 3.8) is 0 Å². The summed E-state index contributed by atoms with van der Waals surface area (Å²) < 4.78 is 34.8. The van der Waals surface area contributed by atoms with Gasteiger partial charge in [0.05, 0.1) is 27.7 Å². The van der Waals surface area contributed by atoms with Crippen LogP contribution in [0.25, 0.3) is 0 Å². The molecular formula is C92H159NO8P+. The molecule has 0 aliphatic heterocycles. The first kappa shape index (κ1) is 97.6. The molecule has 0 aliphatic carbocycles. The first-order valence-corrected chi connectivity index (χ1v) is 43.7. The Morgan fingerprint density at radius 1 is 0.314 bits per heavy atom.